The topological polar surface area (TPSA) is 32.3 Å². The Kier molecular flexibility index (Phi) is 4.33. The second-order valence-corrected chi connectivity index (χ2v) is 5.41. The Morgan fingerprint density at radius 2 is 2.12 bits per heavy atom. The largest absolute Gasteiger partial charge is 0.388 e. The van der Waals surface area contributed by atoms with Crippen LogP contribution in [0.4, 0.5) is 10.1 Å². The van der Waals surface area contributed by atoms with Crippen LogP contribution in [-0.2, 0) is 0 Å². The Hall–Kier alpha value is -0.610. The van der Waals surface area contributed by atoms with Gasteiger partial charge in [0.25, 0.3) is 0 Å². The molecule has 4 heteroatoms. The molecule has 90 valence electrons. The minimum Gasteiger partial charge on any atom is -0.388 e. The number of aliphatic hydroxyl groups is 1. The fourth-order valence-corrected chi connectivity index (χ4v) is 1.44. The summed E-state index contributed by atoms with van der Waals surface area (Å²) in [6.45, 7) is 5.92. The lowest BCUT2D eigenvalue weighted by molar-refractivity contribution is 0.0266. The minimum atomic E-state index is -0.848. The third kappa shape index (κ3) is 3.46. The zero-order valence-corrected chi connectivity index (χ0v) is 11.3. The molecule has 0 radical (unpaired) electrons. The zero-order valence-electron chi connectivity index (χ0n) is 9.72. The summed E-state index contributed by atoms with van der Waals surface area (Å²) >= 11 is 3.19. The van der Waals surface area contributed by atoms with Crippen LogP contribution in [0.1, 0.15) is 20.8 Å². The van der Waals surface area contributed by atoms with Crippen LogP contribution in [0.5, 0.6) is 0 Å². The van der Waals surface area contributed by atoms with E-state index in [4.69, 9.17) is 0 Å². The molecule has 0 aliphatic carbocycles. The standard InChI is InChI=1S/C12H17BrFNO/c1-8(2)12(3,16)7-15-11-5-4-9(13)6-10(11)14/h4-6,8,15-16H,7H2,1-3H3. The molecule has 0 aliphatic rings. The van der Waals surface area contributed by atoms with E-state index in [9.17, 15) is 9.50 Å². The van der Waals surface area contributed by atoms with Gasteiger partial charge in [-0.05, 0) is 31.0 Å². The summed E-state index contributed by atoms with van der Waals surface area (Å²) in [6.07, 6.45) is 0. The second-order valence-electron chi connectivity index (χ2n) is 4.49. The van der Waals surface area contributed by atoms with E-state index in [0.717, 1.165) is 0 Å². The van der Waals surface area contributed by atoms with Crippen molar-refractivity contribution < 1.29 is 9.50 Å². The van der Waals surface area contributed by atoms with Gasteiger partial charge in [-0.3, -0.25) is 0 Å². The third-order valence-corrected chi connectivity index (χ3v) is 3.30. The molecule has 0 aromatic heterocycles. The van der Waals surface area contributed by atoms with E-state index in [-0.39, 0.29) is 11.7 Å². The number of anilines is 1. The summed E-state index contributed by atoms with van der Waals surface area (Å²) in [5.41, 5.74) is -0.441. The van der Waals surface area contributed by atoms with Gasteiger partial charge in [0.15, 0.2) is 0 Å². The van der Waals surface area contributed by atoms with Crippen molar-refractivity contribution in [2.24, 2.45) is 5.92 Å². The van der Waals surface area contributed by atoms with Crippen LogP contribution in [0.3, 0.4) is 0 Å². The van der Waals surface area contributed by atoms with Crippen molar-refractivity contribution in [1.82, 2.24) is 0 Å². The Balaban J connectivity index is 2.68. The third-order valence-electron chi connectivity index (χ3n) is 2.81. The van der Waals surface area contributed by atoms with Crippen LogP contribution in [0, 0.1) is 11.7 Å². The first-order chi connectivity index (χ1) is 7.33. The lowest BCUT2D eigenvalue weighted by Gasteiger charge is -2.28. The van der Waals surface area contributed by atoms with Crippen molar-refractivity contribution in [3.05, 3.63) is 28.5 Å². The molecule has 1 unspecified atom stereocenters. The number of nitrogens with one attached hydrogen (secondary N) is 1. The van der Waals surface area contributed by atoms with Crippen molar-refractivity contribution in [2.75, 3.05) is 11.9 Å². The van der Waals surface area contributed by atoms with Crippen LogP contribution in [-0.4, -0.2) is 17.3 Å². The number of benzene rings is 1. The maximum Gasteiger partial charge on any atom is 0.147 e. The van der Waals surface area contributed by atoms with E-state index in [1.807, 2.05) is 13.8 Å². The van der Waals surface area contributed by atoms with Crippen molar-refractivity contribution in [1.29, 1.82) is 0 Å². The van der Waals surface area contributed by atoms with Gasteiger partial charge in [0.2, 0.25) is 0 Å². The van der Waals surface area contributed by atoms with Crippen LogP contribution < -0.4 is 5.32 Å². The highest BCUT2D eigenvalue weighted by Crippen LogP contribution is 2.21. The quantitative estimate of drug-likeness (QED) is 0.890. The molecule has 0 saturated carbocycles. The van der Waals surface area contributed by atoms with Crippen LogP contribution in [0.15, 0.2) is 22.7 Å². The van der Waals surface area contributed by atoms with Crippen LogP contribution >= 0.6 is 15.9 Å². The molecule has 1 aromatic rings. The molecule has 0 spiro atoms. The average Bonchev–Trinajstić information content (AvgIpc) is 2.16. The van der Waals surface area contributed by atoms with Crippen molar-refractivity contribution in [2.45, 2.75) is 26.4 Å². The minimum absolute atomic E-state index is 0.110. The molecule has 16 heavy (non-hydrogen) atoms. The Morgan fingerprint density at radius 1 is 1.50 bits per heavy atom. The van der Waals surface area contributed by atoms with Crippen LogP contribution in [0.25, 0.3) is 0 Å². The van der Waals surface area contributed by atoms with Crippen LogP contribution in [0.2, 0.25) is 0 Å². The predicted molar refractivity (Wildman–Crippen MR) is 68.1 cm³/mol. The average molecular weight is 290 g/mol. The molecular formula is C12H17BrFNO. The first kappa shape index (κ1) is 13.5. The summed E-state index contributed by atoms with van der Waals surface area (Å²) < 4.78 is 14.2. The van der Waals surface area contributed by atoms with Crippen molar-refractivity contribution in [3.63, 3.8) is 0 Å². The highest BCUT2D eigenvalue weighted by molar-refractivity contribution is 9.10. The summed E-state index contributed by atoms with van der Waals surface area (Å²) in [4.78, 5) is 0. The zero-order chi connectivity index (χ0) is 12.3. The van der Waals surface area contributed by atoms with E-state index in [1.165, 1.54) is 6.07 Å². The van der Waals surface area contributed by atoms with E-state index in [0.29, 0.717) is 16.7 Å². The lowest BCUT2D eigenvalue weighted by atomic mass is 9.92. The summed E-state index contributed by atoms with van der Waals surface area (Å²) in [7, 11) is 0. The maximum atomic E-state index is 13.5. The van der Waals surface area contributed by atoms with Gasteiger partial charge >= 0.3 is 0 Å². The normalized spacial score (nSPS) is 14.9. The smallest absolute Gasteiger partial charge is 0.147 e. The first-order valence-corrected chi connectivity index (χ1v) is 6.03. The van der Waals surface area contributed by atoms with Gasteiger partial charge in [0.05, 0.1) is 11.3 Å². The lowest BCUT2D eigenvalue weighted by Crippen LogP contribution is -2.38. The fourth-order valence-electron chi connectivity index (χ4n) is 1.11. The van der Waals surface area contributed by atoms with E-state index < -0.39 is 5.60 Å². The summed E-state index contributed by atoms with van der Waals surface area (Å²) in [6, 6.07) is 4.80. The van der Waals surface area contributed by atoms with Gasteiger partial charge in [0.1, 0.15) is 5.82 Å². The van der Waals surface area contributed by atoms with Gasteiger partial charge in [-0.25, -0.2) is 4.39 Å². The Bertz CT molecular complexity index is 366. The fraction of sp³-hybridized carbons (Fsp3) is 0.500. The molecule has 0 bridgehead atoms. The molecule has 0 saturated heterocycles. The maximum absolute atomic E-state index is 13.5. The molecule has 0 aliphatic heterocycles. The van der Waals surface area contributed by atoms with E-state index in [1.54, 1.807) is 19.1 Å². The first-order valence-electron chi connectivity index (χ1n) is 5.24. The molecule has 2 nitrogen and oxygen atoms in total. The number of hydrogen-bond acceptors (Lipinski definition) is 2. The molecule has 1 atom stereocenters. The highest BCUT2D eigenvalue weighted by Gasteiger charge is 2.24. The van der Waals surface area contributed by atoms with E-state index in [2.05, 4.69) is 21.2 Å². The van der Waals surface area contributed by atoms with Gasteiger partial charge in [0, 0.05) is 11.0 Å². The van der Waals surface area contributed by atoms with Gasteiger partial charge in [-0.1, -0.05) is 29.8 Å². The second kappa shape index (κ2) is 5.15. The highest BCUT2D eigenvalue weighted by atomic mass is 79.9. The van der Waals surface area contributed by atoms with Gasteiger partial charge in [-0.15, -0.1) is 0 Å². The van der Waals surface area contributed by atoms with Crippen molar-refractivity contribution in [3.8, 4) is 0 Å². The van der Waals surface area contributed by atoms with E-state index >= 15 is 0 Å². The summed E-state index contributed by atoms with van der Waals surface area (Å²) in [5.74, 6) is -0.215. The molecule has 2 N–H and O–H groups in total. The van der Waals surface area contributed by atoms with Gasteiger partial charge < -0.3 is 10.4 Å². The molecule has 0 amide bonds. The number of rotatable bonds is 4. The number of halogens is 2. The number of hydrogen-bond donors (Lipinski definition) is 2. The molecule has 0 fully saturated rings. The summed E-state index contributed by atoms with van der Waals surface area (Å²) in [5, 5.41) is 12.9. The SMILES string of the molecule is CC(C)C(C)(O)CNc1ccc(Br)cc1F. The predicted octanol–water partition coefficient (Wildman–Crippen LogP) is 3.41. The Morgan fingerprint density at radius 3 is 2.62 bits per heavy atom. The molecule has 1 aromatic carbocycles. The molecular weight excluding hydrogens is 273 g/mol. The van der Waals surface area contributed by atoms with Gasteiger partial charge in [-0.2, -0.15) is 0 Å². The monoisotopic (exact) mass is 289 g/mol. The molecule has 0 heterocycles. The molecule has 1 rings (SSSR count). The van der Waals surface area contributed by atoms with Crippen molar-refractivity contribution >= 4 is 21.6 Å². The Labute approximate surface area is 104 Å².